The Labute approximate surface area is 173 Å². The molecule has 2 aromatic rings. The van der Waals surface area contributed by atoms with Gasteiger partial charge in [-0.25, -0.2) is 4.68 Å². The molecule has 2 aliphatic heterocycles. The molecule has 158 valence electrons. The van der Waals surface area contributed by atoms with E-state index in [0.717, 1.165) is 9.58 Å². The molecule has 3 heterocycles. The predicted octanol–water partition coefficient (Wildman–Crippen LogP) is -1.58. The topological polar surface area (TPSA) is 186 Å². The van der Waals surface area contributed by atoms with Gasteiger partial charge in [0, 0.05) is 6.42 Å². The second-order valence-corrected chi connectivity index (χ2v) is 6.89. The van der Waals surface area contributed by atoms with Gasteiger partial charge in [-0.3, -0.25) is 39.0 Å². The summed E-state index contributed by atoms with van der Waals surface area (Å²) < 4.78 is 1.08. The SMILES string of the molecule is NC(=O)c1cn(CC(=O)Nc2cccc3c2C(=O)N(C2CCC(=O)NC2=O)C3=O)nn1. The van der Waals surface area contributed by atoms with Gasteiger partial charge in [0.05, 0.1) is 23.0 Å². The number of amides is 6. The summed E-state index contributed by atoms with van der Waals surface area (Å²) in [6.45, 7) is -0.330. The number of primary amides is 1. The van der Waals surface area contributed by atoms with E-state index in [1.807, 2.05) is 0 Å². The first-order chi connectivity index (χ1) is 14.8. The summed E-state index contributed by atoms with van der Waals surface area (Å²) in [5, 5.41) is 11.8. The fraction of sp³-hybridized carbons (Fsp3) is 0.222. The Balaban J connectivity index is 1.55. The van der Waals surface area contributed by atoms with Gasteiger partial charge >= 0.3 is 0 Å². The molecule has 1 saturated heterocycles. The number of hydrogen-bond acceptors (Lipinski definition) is 8. The van der Waals surface area contributed by atoms with E-state index < -0.39 is 41.5 Å². The molecule has 1 atom stereocenters. The van der Waals surface area contributed by atoms with Crippen molar-refractivity contribution in [1.82, 2.24) is 25.2 Å². The van der Waals surface area contributed by atoms with Gasteiger partial charge < -0.3 is 11.1 Å². The number of benzene rings is 1. The lowest BCUT2D eigenvalue weighted by molar-refractivity contribution is -0.136. The summed E-state index contributed by atoms with van der Waals surface area (Å²) >= 11 is 0. The summed E-state index contributed by atoms with van der Waals surface area (Å²) in [5.41, 5.74) is 5.02. The molecule has 0 spiro atoms. The second-order valence-electron chi connectivity index (χ2n) is 6.89. The second kappa shape index (κ2) is 7.44. The number of carbonyl (C=O) groups excluding carboxylic acids is 6. The quantitative estimate of drug-likeness (QED) is 0.479. The third-order valence-corrected chi connectivity index (χ3v) is 4.84. The molecule has 0 saturated carbocycles. The van der Waals surface area contributed by atoms with Crippen molar-refractivity contribution in [2.45, 2.75) is 25.4 Å². The van der Waals surface area contributed by atoms with E-state index in [-0.39, 0.29) is 41.9 Å². The monoisotopic (exact) mass is 425 g/mol. The van der Waals surface area contributed by atoms with E-state index in [0.29, 0.717) is 0 Å². The highest BCUT2D eigenvalue weighted by Gasteiger charge is 2.45. The number of fused-ring (bicyclic) bond motifs is 1. The number of anilines is 1. The lowest BCUT2D eigenvalue weighted by Gasteiger charge is -2.27. The molecule has 0 radical (unpaired) electrons. The number of nitrogens with two attached hydrogens (primary N) is 1. The fourth-order valence-corrected chi connectivity index (χ4v) is 3.44. The first-order valence-electron chi connectivity index (χ1n) is 9.10. The Morgan fingerprint density at radius 1 is 1.19 bits per heavy atom. The van der Waals surface area contributed by atoms with E-state index in [1.54, 1.807) is 0 Å². The molecule has 13 nitrogen and oxygen atoms in total. The number of aromatic nitrogens is 3. The van der Waals surface area contributed by atoms with Crippen LogP contribution in [0.15, 0.2) is 24.4 Å². The molecule has 0 aliphatic carbocycles. The minimum Gasteiger partial charge on any atom is -0.364 e. The standard InChI is InChI=1S/C18H15N7O6/c19-15(28)10-6-24(23-22-10)7-13(27)20-9-3-1-2-8-14(9)18(31)25(17(8)30)11-4-5-12(26)21-16(11)29/h1-3,6,11H,4-5,7H2,(H2,19,28)(H,20,27)(H,21,26,29). The average Bonchev–Trinajstić information content (AvgIpc) is 3.27. The summed E-state index contributed by atoms with van der Waals surface area (Å²) in [7, 11) is 0. The number of nitrogens with one attached hydrogen (secondary N) is 2. The molecular weight excluding hydrogens is 410 g/mol. The van der Waals surface area contributed by atoms with Crippen LogP contribution in [0.1, 0.15) is 44.0 Å². The molecule has 1 unspecified atom stereocenters. The van der Waals surface area contributed by atoms with Gasteiger partial charge in [-0.15, -0.1) is 5.10 Å². The highest BCUT2D eigenvalue weighted by Crippen LogP contribution is 2.32. The van der Waals surface area contributed by atoms with E-state index in [4.69, 9.17) is 5.73 Å². The van der Waals surface area contributed by atoms with Gasteiger partial charge in [0.2, 0.25) is 17.7 Å². The van der Waals surface area contributed by atoms with E-state index in [1.165, 1.54) is 24.4 Å². The van der Waals surface area contributed by atoms with Crippen molar-refractivity contribution >= 4 is 41.1 Å². The molecule has 31 heavy (non-hydrogen) atoms. The molecule has 6 amide bonds. The van der Waals surface area contributed by atoms with Crippen LogP contribution in [-0.4, -0.2) is 61.4 Å². The van der Waals surface area contributed by atoms with Crippen molar-refractivity contribution in [3.05, 3.63) is 41.2 Å². The van der Waals surface area contributed by atoms with Crippen molar-refractivity contribution in [1.29, 1.82) is 0 Å². The number of nitrogens with zero attached hydrogens (tertiary/aromatic N) is 4. The Morgan fingerprint density at radius 3 is 2.65 bits per heavy atom. The van der Waals surface area contributed by atoms with Crippen LogP contribution in [-0.2, 0) is 20.9 Å². The van der Waals surface area contributed by atoms with Crippen LogP contribution in [0, 0.1) is 0 Å². The number of carbonyl (C=O) groups is 6. The number of piperidine rings is 1. The van der Waals surface area contributed by atoms with Crippen LogP contribution in [0.25, 0.3) is 0 Å². The van der Waals surface area contributed by atoms with Gasteiger partial charge in [0.25, 0.3) is 17.7 Å². The van der Waals surface area contributed by atoms with Gasteiger partial charge in [-0.2, -0.15) is 0 Å². The smallest absolute Gasteiger partial charge is 0.270 e. The zero-order valence-corrected chi connectivity index (χ0v) is 15.8. The van der Waals surface area contributed by atoms with E-state index >= 15 is 0 Å². The lowest BCUT2D eigenvalue weighted by Crippen LogP contribution is -2.54. The lowest BCUT2D eigenvalue weighted by atomic mass is 10.0. The largest absolute Gasteiger partial charge is 0.364 e. The van der Waals surface area contributed by atoms with E-state index in [2.05, 4.69) is 20.9 Å². The molecule has 1 fully saturated rings. The summed E-state index contributed by atoms with van der Waals surface area (Å²) in [4.78, 5) is 73.6. The van der Waals surface area contributed by atoms with Crippen molar-refractivity contribution in [2.24, 2.45) is 5.73 Å². The van der Waals surface area contributed by atoms with Crippen LogP contribution in [0.5, 0.6) is 0 Å². The van der Waals surface area contributed by atoms with Gasteiger partial charge in [-0.1, -0.05) is 11.3 Å². The summed E-state index contributed by atoms with van der Waals surface area (Å²) in [6.07, 6.45) is 1.21. The van der Waals surface area contributed by atoms with Crippen molar-refractivity contribution < 1.29 is 28.8 Å². The maximum Gasteiger partial charge on any atom is 0.270 e. The molecule has 1 aromatic heterocycles. The Hall–Kier alpha value is -4.42. The van der Waals surface area contributed by atoms with Crippen molar-refractivity contribution in [3.63, 3.8) is 0 Å². The molecule has 4 rings (SSSR count). The van der Waals surface area contributed by atoms with Crippen molar-refractivity contribution in [2.75, 3.05) is 5.32 Å². The first kappa shape index (κ1) is 19.9. The summed E-state index contributed by atoms with van der Waals surface area (Å²) in [6, 6.07) is 3.21. The molecule has 1 aromatic carbocycles. The van der Waals surface area contributed by atoms with Crippen LogP contribution in [0.4, 0.5) is 5.69 Å². The molecule has 4 N–H and O–H groups in total. The maximum atomic E-state index is 13.0. The minimum atomic E-state index is -1.11. The van der Waals surface area contributed by atoms with Crippen LogP contribution in [0.2, 0.25) is 0 Å². The number of imide groups is 2. The maximum absolute atomic E-state index is 13.0. The molecular formula is C18H15N7O6. The Morgan fingerprint density at radius 2 is 1.97 bits per heavy atom. The molecule has 2 aliphatic rings. The van der Waals surface area contributed by atoms with Crippen LogP contribution in [0.3, 0.4) is 0 Å². The highest BCUT2D eigenvalue weighted by atomic mass is 16.2. The Kier molecular flexibility index (Phi) is 4.77. The Bertz CT molecular complexity index is 1170. The third-order valence-electron chi connectivity index (χ3n) is 4.84. The zero-order valence-electron chi connectivity index (χ0n) is 15.8. The number of rotatable bonds is 5. The zero-order chi connectivity index (χ0) is 22.3. The van der Waals surface area contributed by atoms with Gasteiger partial charge in [-0.05, 0) is 18.6 Å². The van der Waals surface area contributed by atoms with Gasteiger partial charge in [0.1, 0.15) is 12.6 Å². The van der Waals surface area contributed by atoms with Crippen LogP contribution >= 0.6 is 0 Å². The summed E-state index contributed by atoms with van der Waals surface area (Å²) in [5.74, 6) is -4.04. The average molecular weight is 425 g/mol. The first-order valence-corrected chi connectivity index (χ1v) is 9.10. The highest BCUT2D eigenvalue weighted by molar-refractivity contribution is 6.26. The fourth-order valence-electron chi connectivity index (χ4n) is 3.44. The predicted molar refractivity (Wildman–Crippen MR) is 100 cm³/mol. The molecule has 0 bridgehead atoms. The normalized spacial score (nSPS) is 18.1. The number of hydrogen-bond donors (Lipinski definition) is 3. The van der Waals surface area contributed by atoms with E-state index in [9.17, 15) is 28.8 Å². The minimum absolute atomic E-state index is 0.00139. The van der Waals surface area contributed by atoms with Crippen LogP contribution < -0.4 is 16.4 Å². The van der Waals surface area contributed by atoms with Crippen molar-refractivity contribution in [3.8, 4) is 0 Å². The van der Waals surface area contributed by atoms with Gasteiger partial charge in [0.15, 0.2) is 5.69 Å². The molecule has 13 heteroatoms. The third kappa shape index (κ3) is 3.52.